The third-order valence-corrected chi connectivity index (χ3v) is 5.72. The number of halogens is 1. The van der Waals surface area contributed by atoms with Crippen LogP contribution in [0.2, 0.25) is 5.02 Å². The van der Waals surface area contributed by atoms with Gasteiger partial charge in [0.15, 0.2) is 0 Å². The minimum absolute atomic E-state index is 0.0211. The SMILES string of the molecule is O=C(C[C@H]1Sc2ccc(Cl)cc2NC1=O)OC1CCCCCC1. The van der Waals surface area contributed by atoms with E-state index in [0.29, 0.717) is 10.7 Å². The highest BCUT2D eigenvalue weighted by Crippen LogP contribution is 2.38. The first kappa shape index (κ1) is 16.7. The predicted octanol–water partition coefficient (Wildman–Crippen LogP) is 4.41. The van der Waals surface area contributed by atoms with Gasteiger partial charge in [0.2, 0.25) is 5.91 Å². The van der Waals surface area contributed by atoms with Crippen LogP contribution in [0.3, 0.4) is 0 Å². The molecule has 6 heteroatoms. The van der Waals surface area contributed by atoms with Crippen molar-refractivity contribution in [2.45, 2.75) is 61.2 Å². The highest BCUT2D eigenvalue weighted by molar-refractivity contribution is 8.01. The fraction of sp³-hybridized carbons (Fsp3) is 0.529. The van der Waals surface area contributed by atoms with Crippen molar-refractivity contribution in [1.29, 1.82) is 0 Å². The maximum absolute atomic E-state index is 12.2. The summed E-state index contributed by atoms with van der Waals surface area (Å²) in [6.45, 7) is 0. The van der Waals surface area contributed by atoms with E-state index >= 15 is 0 Å². The van der Waals surface area contributed by atoms with Crippen molar-refractivity contribution in [2.24, 2.45) is 0 Å². The Morgan fingerprint density at radius 1 is 1.26 bits per heavy atom. The molecule has 4 nitrogen and oxygen atoms in total. The van der Waals surface area contributed by atoms with Crippen molar-refractivity contribution in [3.8, 4) is 0 Å². The average molecular weight is 354 g/mol. The zero-order valence-corrected chi connectivity index (χ0v) is 14.4. The van der Waals surface area contributed by atoms with E-state index in [-0.39, 0.29) is 24.4 Å². The molecule has 1 heterocycles. The molecule has 1 N–H and O–H groups in total. The van der Waals surface area contributed by atoms with Crippen LogP contribution in [0.15, 0.2) is 23.1 Å². The van der Waals surface area contributed by atoms with Gasteiger partial charge in [-0.3, -0.25) is 9.59 Å². The van der Waals surface area contributed by atoms with Gasteiger partial charge in [0.05, 0.1) is 17.4 Å². The molecule has 1 saturated carbocycles. The summed E-state index contributed by atoms with van der Waals surface area (Å²) in [5.74, 6) is -0.440. The molecule has 0 radical (unpaired) electrons. The standard InChI is InChI=1S/C17H20ClNO3S/c18-11-7-8-14-13(9-11)19-17(21)15(23-14)10-16(20)22-12-5-3-1-2-4-6-12/h7-9,12,15H,1-6,10H2,(H,19,21)/t15-/m1/s1. The van der Waals surface area contributed by atoms with E-state index in [1.165, 1.54) is 24.6 Å². The summed E-state index contributed by atoms with van der Waals surface area (Å²) in [6.07, 6.45) is 6.68. The number of carbonyl (C=O) groups is 2. The van der Waals surface area contributed by atoms with Gasteiger partial charge in [-0.05, 0) is 43.9 Å². The maximum atomic E-state index is 12.2. The molecule has 0 spiro atoms. The van der Waals surface area contributed by atoms with Crippen molar-refractivity contribution in [1.82, 2.24) is 0 Å². The molecule has 124 valence electrons. The largest absolute Gasteiger partial charge is 0.462 e. The maximum Gasteiger partial charge on any atom is 0.307 e. The molecule has 1 atom stereocenters. The molecule has 1 fully saturated rings. The average Bonchev–Trinajstić information content (AvgIpc) is 2.77. The van der Waals surface area contributed by atoms with E-state index < -0.39 is 5.25 Å². The van der Waals surface area contributed by atoms with Crippen LogP contribution in [0, 0.1) is 0 Å². The molecule has 0 saturated heterocycles. The van der Waals surface area contributed by atoms with Crippen LogP contribution in [0.25, 0.3) is 0 Å². The molecule has 1 amide bonds. The Morgan fingerprint density at radius 3 is 2.74 bits per heavy atom. The number of anilines is 1. The summed E-state index contributed by atoms with van der Waals surface area (Å²) in [6, 6.07) is 5.37. The first-order valence-corrected chi connectivity index (χ1v) is 9.34. The molecule has 3 rings (SSSR count). The molecular weight excluding hydrogens is 334 g/mol. The van der Waals surface area contributed by atoms with Crippen LogP contribution < -0.4 is 5.32 Å². The van der Waals surface area contributed by atoms with Gasteiger partial charge in [0.25, 0.3) is 0 Å². The van der Waals surface area contributed by atoms with Crippen LogP contribution in [-0.4, -0.2) is 23.2 Å². The van der Waals surface area contributed by atoms with Crippen LogP contribution in [-0.2, 0) is 14.3 Å². The van der Waals surface area contributed by atoms with Crippen molar-refractivity contribution in [3.05, 3.63) is 23.2 Å². The second-order valence-electron chi connectivity index (χ2n) is 6.04. The van der Waals surface area contributed by atoms with Crippen molar-refractivity contribution >= 4 is 40.9 Å². The molecule has 0 aromatic heterocycles. The number of nitrogens with one attached hydrogen (secondary N) is 1. The third kappa shape index (κ3) is 4.42. The molecule has 1 aromatic rings. The lowest BCUT2D eigenvalue weighted by atomic mass is 10.1. The van der Waals surface area contributed by atoms with Gasteiger partial charge < -0.3 is 10.1 Å². The normalized spacial score (nSPS) is 22.0. The lowest BCUT2D eigenvalue weighted by molar-refractivity contribution is -0.150. The van der Waals surface area contributed by atoms with Gasteiger partial charge in [-0.15, -0.1) is 11.8 Å². The molecular formula is C17H20ClNO3S. The highest BCUT2D eigenvalue weighted by Gasteiger charge is 2.30. The second-order valence-corrected chi connectivity index (χ2v) is 7.72. The predicted molar refractivity (Wildman–Crippen MR) is 91.9 cm³/mol. The van der Waals surface area contributed by atoms with E-state index in [1.54, 1.807) is 12.1 Å². The lowest BCUT2D eigenvalue weighted by Gasteiger charge is -2.24. The molecule has 1 aromatic carbocycles. The smallest absolute Gasteiger partial charge is 0.307 e. The summed E-state index contributed by atoms with van der Waals surface area (Å²) < 4.78 is 5.58. The van der Waals surface area contributed by atoms with Crippen LogP contribution >= 0.6 is 23.4 Å². The molecule has 0 unspecified atom stereocenters. The van der Waals surface area contributed by atoms with Gasteiger partial charge in [0, 0.05) is 9.92 Å². The van der Waals surface area contributed by atoms with E-state index in [0.717, 1.165) is 30.6 Å². The van der Waals surface area contributed by atoms with E-state index in [1.807, 2.05) is 6.07 Å². The number of ether oxygens (including phenoxy) is 1. The second kappa shape index (κ2) is 7.58. The number of esters is 1. The van der Waals surface area contributed by atoms with Crippen molar-refractivity contribution in [3.63, 3.8) is 0 Å². The highest BCUT2D eigenvalue weighted by atomic mass is 35.5. The molecule has 1 aliphatic heterocycles. The van der Waals surface area contributed by atoms with Crippen LogP contribution in [0.4, 0.5) is 5.69 Å². The monoisotopic (exact) mass is 353 g/mol. The topological polar surface area (TPSA) is 55.4 Å². The Labute approximate surface area is 145 Å². The molecule has 23 heavy (non-hydrogen) atoms. The summed E-state index contributed by atoms with van der Waals surface area (Å²) >= 11 is 7.33. The fourth-order valence-corrected chi connectivity index (χ4v) is 4.25. The molecule has 1 aliphatic carbocycles. The number of carbonyl (C=O) groups excluding carboxylic acids is 2. The Morgan fingerprint density at radius 2 is 2.00 bits per heavy atom. The summed E-state index contributed by atoms with van der Waals surface area (Å²) in [7, 11) is 0. The number of hydrogen-bond acceptors (Lipinski definition) is 4. The number of fused-ring (bicyclic) bond motifs is 1. The quantitative estimate of drug-likeness (QED) is 0.646. The zero-order valence-electron chi connectivity index (χ0n) is 12.8. The van der Waals surface area contributed by atoms with Crippen LogP contribution in [0.5, 0.6) is 0 Å². The molecule has 0 bridgehead atoms. The van der Waals surface area contributed by atoms with E-state index in [9.17, 15) is 9.59 Å². The first-order chi connectivity index (χ1) is 11.1. The fourth-order valence-electron chi connectivity index (χ4n) is 3.00. The number of hydrogen-bond donors (Lipinski definition) is 1. The lowest BCUT2D eigenvalue weighted by Crippen LogP contribution is -2.32. The Bertz CT molecular complexity index is 600. The van der Waals surface area contributed by atoms with Crippen molar-refractivity contribution in [2.75, 3.05) is 5.32 Å². The number of rotatable bonds is 3. The Hall–Kier alpha value is -1.20. The van der Waals surface area contributed by atoms with E-state index in [2.05, 4.69) is 5.32 Å². The Balaban J connectivity index is 1.58. The van der Waals surface area contributed by atoms with Gasteiger partial charge in [-0.1, -0.05) is 24.4 Å². The van der Waals surface area contributed by atoms with Gasteiger partial charge in [-0.25, -0.2) is 0 Å². The van der Waals surface area contributed by atoms with Crippen molar-refractivity contribution < 1.29 is 14.3 Å². The number of amides is 1. The first-order valence-electron chi connectivity index (χ1n) is 8.08. The summed E-state index contributed by atoms with van der Waals surface area (Å²) in [5, 5.41) is 2.95. The third-order valence-electron chi connectivity index (χ3n) is 4.21. The zero-order chi connectivity index (χ0) is 16.2. The van der Waals surface area contributed by atoms with Crippen LogP contribution in [0.1, 0.15) is 44.9 Å². The number of benzene rings is 1. The Kier molecular flexibility index (Phi) is 5.49. The minimum Gasteiger partial charge on any atom is -0.462 e. The minimum atomic E-state index is -0.443. The summed E-state index contributed by atoms with van der Waals surface area (Å²) in [5.41, 5.74) is 0.709. The van der Waals surface area contributed by atoms with Gasteiger partial charge >= 0.3 is 5.97 Å². The van der Waals surface area contributed by atoms with E-state index in [4.69, 9.17) is 16.3 Å². The van der Waals surface area contributed by atoms with Gasteiger partial charge in [-0.2, -0.15) is 0 Å². The van der Waals surface area contributed by atoms with Gasteiger partial charge in [0.1, 0.15) is 6.10 Å². The number of thioether (sulfide) groups is 1. The summed E-state index contributed by atoms with van der Waals surface area (Å²) in [4.78, 5) is 25.3. The molecule has 2 aliphatic rings.